The van der Waals surface area contributed by atoms with Crippen molar-refractivity contribution in [2.45, 2.75) is 58.7 Å². The van der Waals surface area contributed by atoms with Crippen LogP contribution in [0.2, 0.25) is 0 Å². The van der Waals surface area contributed by atoms with E-state index in [9.17, 15) is 0 Å². The Morgan fingerprint density at radius 1 is 1.50 bits per heavy atom. The molecule has 0 spiro atoms. The molecule has 1 aliphatic heterocycles. The van der Waals surface area contributed by atoms with Crippen LogP contribution in [-0.2, 0) is 6.54 Å². The van der Waals surface area contributed by atoms with Crippen molar-refractivity contribution in [1.82, 2.24) is 15.4 Å². The molecule has 4 nitrogen and oxygen atoms in total. The first kappa shape index (κ1) is 13.6. The molecule has 1 saturated heterocycles. The minimum atomic E-state index is 0.269. The Labute approximate surface area is 110 Å². The molecule has 18 heavy (non-hydrogen) atoms. The number of aryl methyl sites for hydroxylation is 1. The van der Waals surface area contributed by atoms with Gasteiger partial charge in [-0.2, -0.15) is 0 Å². The first-order valence-corrected chi connectivity index (χ1v) is 7.00. The van der Waals surface area contributed by atoms with Gasteiger partial charge in [0.2, 0.25) is 0 Å². The topological polar surface area (TPSA) is 41.3 Å². The zero-order valence-corrected chi connectivity index (χ0v) is 12.0. The van der Waals surface area contributed by atoms with Crippen LogP contribution < -0.4 is 5.32 Å². The molecule has 0 bridgehead atoms. The summed E-state index contributed by atoms with van der Waals surface area (Å²) < 4.78 is 5.15. The van der Waals surface area contributed by atoms with E-state index in [1.807, 2.05) is 13.0 Å². The number of hydrogen-bond acceptors (Lipinski definition) is 4. The molecule has 0 aliphatic carbocycles. The summed E-state index contributed by atoms with van der Waals surface area (Å²) in [5, 5.41) is 7.82. The Morgan fingerprint density at radius 2 is 2.22 bits per heavy atom. The molecule has 2 rings (SSSR count). The summed E-state index contributed by atoms with van der Waals surface area (Å²) in [6.45, 7) is 11.8. The lowest BCUT2D eigenvalue weighted by molar-refractivity contribution is 0.0727. The van der Waals surface area contributed by atoms with Gasteiger partial charge in [-0.25, -0.2) is 0 Å². The second-order valence-corrected chi connectivity index (χ2v) is 5.55. The number of piperazine rings is 1. The molecule has 0 radical (unpaired) electrons. The fourth-order valence-corrected chi connectivity index (χ4v) is 2.73. The fraction of sp³-hybridized carbons (Fsp3) is 0.786. The monoisotopic (exact) mass is 251 g/mol. The number of nitrogens with zero attached hydrogens (tertiary/aromatic N) is 2. The zero-order chi connectivity index (χ0) is 13.2. The van der Waals surface area contributed by atoms with Gasteiger partial charge >= 0.3 is 0 Å². The van der Waals surface area contributed by atoms with Crippen LogP contribution in [0.25, 0.3) is 0 Å². The van der Waals surface area contributed by atoms with E-state index in [1.54, 1.807) is 0 Å². The second kappa shape index (κ2) is 5.41. The van der Waals surface area contributed by atoms with E-state index in [0.29, 0.717) is 6.04 Å². The fourth-order valence-electron chi connectivity index (χ4n) is 2.73. The Bertz CT molecular complexity index is 384. The summed E-state index contributed by atoms with van der Waals surface area (Å²) >= 11 is 0. The summed E-state index contributed by atoms with van der Waals surface area (Å²) in [6, 6.07) is 2.59. The number of rotatable bonds is 4. The first-order valence-electron chi connectivity index (χ1n) is 7.00. The Balaban J connectivity index is 2.05. The minimum absolute atomic E-state index is 0.269. The van der Waals surface area contributed by atoms with Crippen molar-refractivity contribution in [3.63, 3.8) is 0 Å². The molecule has 1 aromatic rings. The third-order valence-corrected chi connectivity index (χ3v) is 4.30. The van der Waals surface area contributed by atoms with Crippen LogP contribution in [0.4, 0.5) is 0 Å². The molecule has 1 aromatic heterocycles. The van der Waals surface area contributed by atoms with Crippen LogP contribution in [0.1, 0.15) is 45.1 Å². The standard InChI is InChI=1S/C14H25N3O/c1-5-14(6-2)10-17(11(3)8-15-14)9-13-7-12(4)18-16-13/h7,11,15H,5-6,8-10H2,1-4H3. The lowest BCUT2D eigenvalue weighted by Crippen LogP contribution is -2.62. The van der Waals surface area contributed by atoms with Gasteiger partial charge in [0.15, 0.2) is 0 Å². The lowest BCUT2D eigenvalue weighted by Gasteiger charge is -2.46. The highest BCUT2D eigenvalue weighted by Crippen LogP contribution is 2.23. The molecule has 0 amide bonds. The number of hydrogen-bond donors (Lipinski definition) is 1. The predicted molar refractivity (Wildman–Crippen MR) is 72.4 cm³/mol. The third-order valence-electron chi connectivity index (χ3n) is 4.30. The van der Waals surface area contributed by atoms with Crippen LogP contribution in [0.5, 0.6) is 0 Å². The second-order valence-electron chi connectivity index (χ2n) is 5.55. The van der Waals surface area contributed by atoms with Crippen molar-refractivity contribution >= 4 is 0 Å². The average molecular weight is 251 g/mol. The summed E-state index contributed by atoms with van der Waals surface area (Å²) in [5.41, 5.74) is 1.31. The maximum Gasteiger partial charge on any atom is 0.133 e. The Morgan fingerprint density at radius 3 is 2.78 bits per heavy atom. The molecule has 1 atom stereocenters. The van der Waals surface area contributed by atoms with E-state index < -0.39 is 0 Å². The normalized spacial score (nSPS) is 24.3. The summed E-state index contributed by atoms with van der Waals surface area (Å²) in [7, 11) is 0. The molecule has 0 saturated carbocycles. The highest BCUT2D eigenvalue weighted by Gasteiger charge is 2.35. The van der Waals surface area contributed by atoms with Crippen LogP contribution in [-0.4, -0.2) is 34.7 Å². The third kappa shape index (κ3) is 2.75. The largest absolute Gasteiger partial charge is 0.361 e. The van der Waals surface area contributed by atoms with E-state index in [-0.39, 0.29) is 5.54 Å². The van der Waals surface area contributed by atoms with Gasteiger partial charge in [0.25, 0.3) is 0 Å². The number of aromatic nitrogens is 1. The summed E-state index contributed by atoms with van der Waals surface area (Å²) in [6.07, 6.45) is 2.34. The molecule has 1 unspecified atom stereocenters. The molecule has 1 aliphatic rings. The van der Waals surface area contributed by atoms with Crippen molar-refractivity contribution in [3.8, 4) is 0 Å². The summed E-state index contributed by atoms with van der Waals surface area (Å²) in [4.78, 5) is 2.51. The molecule has 2 heterocycles. The van der Waals surface area contributed by atoms with Crippen molar-refractivity contribution < 1.29 is 4.52 Å². The van der Waals surface area contributed by atoms with E-state index in [2.05, 4.69) is 36.1 Å². The van der Waals surface area contributed by atoms with Gasteiger partial charge in [-0.05, 0) is 26.7 Å². The van der Waals surface area contributed by atoms with Crippen molar-refractivity contribution in [3.05, 3.63) is 17.5 Å². The first-order chi connectivity index (χ1) is 8.58. The van der Waals surface area contributed by atoms with E-state index in [1.165, 1.54) is 12.8 Å². The Kier molecular flexibility index (Phi) is 4.07. The van der Waals surface area contributed by atoms with Crippen LogP contribution in [0, 0.1) is 6.92 Å². The van der Waals surface area contributed by atoms with Crippen LogP contribution >= 0.6 is 0 Å². The quantitative estimate of drug-likeness (QED) is 0.892. The maximum absolute atomic E-state index is 5.15. The SMILES string of the molecule is CCC1(CC)CN(Cc2cc(C)on2)C(C)CN1. The van der Waals surface area contributed by atoms with Gasteiger partial charge in [0.05, 0.1) is 5.69 Å². The molecular weight excluding hydrogens is 226 g/mol. The lowest BCUT2D eigenvalue weighted by atomic mass is 9.88. The summed E-state index contributed by atoms with van der Waals surface area (Å²) in [5.74, 6) is 0.894. The molecular formula is C14H25N3O. The van der Waals surface area contributed by atoms with E-state index in [0.717, 1.165) is 31.1 Å². The van der Waals surface area contributed by atoms with Gasteiger partial charge in [-0.15, -0.1) is 0 Å². The maximum atomic E-state index is 5.15. The van der Waals surface area contributed by atoms with Crippen LogP contribution in [0.3, 0.4) is 0 Å². The Hall–Kier alpha value is -0.870. The molecule has 0 aromatic carbocycles. The van der Waals surface area contributed by atoms with E-state index >= 15 is 0 Å². The van der Waals surface area contributed by atoms with Crippen LogP contribution in [0.15, 0.2) is 10.6 Å². The van der Waals surface area contributed by atoms with Gasteiger partial charge < -0.3 is 9.84 Å². The average Bonchev–Trinajstić information content (AvgIpc) is 2.78. The smallest absolute Gasteiger partial charge is 0.133 e. The molecule has 4 heteroatoms. The van der Waals surface area contributed by atoms with E-state index in [4.69, 9.17) is 4.52 Å². The minimum Gasteiger partial charge on any atom is -0.361 e. The van der Waals surface area contributed by atoms with Gasteiger partial charge in [-0.1, -0.05) is 19.0 Å². The molecule has 102 valence electrons. The highest BCUT2D eigenvalue weighted by atomic mass is 16.5. The number of nitrogens with one attached hydrogen (secondary N) is 1. The van der Waals surface area contributed by atoms with Crippen molar-refractivity contribution in [2.24, 2.45) is 0 Å². The van der Waals surface area contributed by atoms with Crippen molar-refractivity contribution in [2.75, 3.05) is 13.1 Å². The molecule has 1 fully saturated rings. The molecule has 1 N–H and O–H groups in total. The van der Waals surface area contributed by atoms with Gasteiger partial charge in [-0.3, -0.25) is 4.90 Å². The highest BCUT2D eigenvalue weighted by molar-refractivity contribution is 5.05. The predicted octanol–water partition coefficient (Wildman–Crippen LogP) is 2.34. The van der Waals surface area contributed by atoms with Gasteiger partial charge in [0, 0.05) is 37.3 Å². The van der Waals surface area contributed by atoms with Crippen molar-refractivity contribution in [1.29, 1.82) is 0 Å². The van der Waals surface area contributed by atoms with Gasteiger partial charge in [0.1, 0.15) is 5.76 Å². The zero-order valence-electron chi connectivity index (χ0n) is 12.0.